The van der Waals surface area contributed by atoms with Crippen LogP contribution in [0.1, 0.15) is 11.5 Å². The Hall–Kier alpha value is -2.93. The molecule has 2 heterocycles. The summed E-state index contributed by atoms with van der Waals surface area (Å²) in [5.41, 5.74) is 1.67. The van der Waals surface area contributed by atoms with Crippen LogP contribution in [0.15, 0.2) is 70.6 Å². The number of pyridine rings is 1. The number of fused-ring (bicyclic) bond motifs is 1. The van der Waals surface area contributed by atoms with E-state index in [2.05, 4.69) is 4.98 Å². The van der Waals surface area contributed by atoms with E-state index in [0.29, 0.717) is 13.1 Å². The molecule has 1 saturated heterocycles. The fourth-order valence-corrected chi connectivity index (χ4v) is 4.47. The van der Waals surface area contributed by atoms with Gasteiger partial charge < -0.3 is 10.0 Å². The summed E-state index contributed by atoms with van der Waals surface area (Å²) in [6, 6.07) is 15.5. The molecule has 7 heteroatoms. The minimum atomic E-state index is -3.62. The van der Waals surface area contributed by atoms with Crippen molar-refractivity contribution < 1.29 is 18.3 Å². The van der Waals surface area contributed by atoms with Crippen LogP contribution in [-0.4, -0.2) is 42.6 Å². The molecule has 2 aromatic carbocycles. The number of amides is 1. The molecule has 1 amide bonds. The van der Waals surface area contributed by atoms with Gasteiger partial charge in [-0.05, 0) is 23.8 Å². The third kappa shape index (κ3) is 2.70. The average molecular weight is 368 g/mol. The molecule has 26 heavy (non-hydrogen) atoms. The highest BCUT2D eigenvalue weighted by molar-refractivity contribution is 7.91. The van der Waals surface area contributed by atoms with Crippen molar-refractivity contribution in [2.24, 2.45) is 0 Å². The maximum Gasteiger partial charge on any atom is 0.407 e. The van der Waals surface area contributed by atoms with Gasteiger partial charge in [0.15, 0.2) is 0 Å². The van der Waals surface area contributed by atoms with Gasteiger partial charge >= 0.3 is 6.09 Å². The van der Waals surface area contributed by atoms with Gasteiger partial charge in [0.25, 0.3) is 0 Å². The van der Waals surface area contributed by atoms with E-state index in [4.69, 9.17) is 5.11 Å². The van der Waals surface area contributed by atoms with Crippen molar-refractivity contribution in [3.8, 4) is 0 Å². The first-order valence-electron chi connectivity index (χ1n) is 8.13. The Morgan fingerprint density at radius 3 is 2.46 bits per heavy atom. The SMILES string of the molecule is O=C(O)N1CC(c2cccc3cc(S(=O)(=O)c4ccccc4)cnc23)C1. The minimum absolute atomic E-state index is 0.0823. The van der Waals surface area contributed by atoms with Crippen LogP contribution in [0, 0.1) is 0 Å². The molecule has 3 aromatic rings. The lowest BCUT2D eigenvalue weighted by Crippen LogP contribution is -2.47. The smallest absolute Gasteiger partial charge is 0.407 e. The van der Waals surface area contributed by atoms with E-state index >= 15 is 0 Å². The highest BCUT2D eigenvalue weighted by Gasteiger charge is 2.33. The topological polar surface area (TPSA) is 87.6 Å². The number of hydrogen-bond acceptors (Lipinski definition) is 4. The zero-order valence-electron chi connectivity index (χ0n) is 13.7. The first kappa shape index (κ1) is 16.5. The molecule has 0 radical (unpaired) electrons. The lowest BCUT2D eigenvalue weighted by Gasteiger charge is -2.37. The third-order valence-electron chi connectivity index (χ3n) is 4.67. The lowest BCUT2D eigenvalue weighted by molar-refractivity contribution is 0.106. The van der Waals surface area contributed by atoms with E-state index in [1.165, 1.54) is 11.1 Å². The van der Waals surface area contributed by atoms with Crippen LogP contribution in [0.4, 0.5) is 4.79 Å². The highest BCUT2D eigenvalue weighted by Crippen LogP contribution is 2.32. The second-order valence-electron chi connectivity index (χ2n) is 6.29. The second kappa shape index (κ2) is 6.10. The number of para-hydroxylation sites is 1. The van der Waals surface area contributed by atoms with Crippen molar-refractivity contribution in [2.75, 3.05) is 13.1 Å². The van der Waals surface area contributed by atoms with Gasteiger partial charge in [-0.2, -0.15) is 0 Å². The van der Waals surface area contributed by atoms with Crippen molar-refractivity contribution >= 4 is 26.8 Å². The summed E-state index contributed by atoms with van der Waals surface area (Å²) >= 11 is 0. The molecule has 0 atom stereocenters. The molecule has 0 saturated carbocycles. The Morgan fingerprint density at radius 1 is 1.04 bits per heavy atom. The van der Waals surface area contributed by atoms with Gasteiger partial charge in [-0.25, -0.2) is 13.2 Å². The van der Waals surface area contributed by atoms with Crippen LogP contribution in [0.25, 0.3) is 10.9 Å². The molecule has 0 bridgehead atoms. The molecule has 1 fully saturated rings. The predicted octanol–water partition coefficient (Wildman–Crippen LogP) is 3.14. The summed E-state index contributed by atoms with van der Waals surface area (Å²) < 4.78 is 25.5. The second-order valence-corrected chi connectivity index (χ2v) is 8.24. The Kier molecular flexibility index (Phi) is 3.88. The molecular formula is C19H16N2O4S. The fraction of sp³-hybridized carbons (Fsp3) is 0.158. The molecule has 1 aliphatic rings. The van der Waals surface area contributed by atoms with Crippen molar-refractivity contribution in [1.29, 1.82) is 0 Å². The standard InChI is InChI=1S/C19H16N2O4S/c22-19(23)21-11-14(12-21)17-8-4-5-13-9-16(10-20-18(13)17)26(24,25)15-6-2-1-3-7-15/h1-10,14H,11-12H2,(H,22,23). The molecule has 4 rings (SSSR count). The summed E-state index contributed by atoms with van der Waals surface area (Å²) in [6.45, 7) is 0.861. The van der Waals surface area contributed by atoms with Crippen molar-refractivity contribution in [1.82, 2.24) is 9.88 Å². The van der Waals surface area contributed by atoms with Gasteiger partial charge in [0, 0.05) is 30.6 Å². The molecule has 6 nitrogen and oxygen atoms in total. The number of rotatable bonds is 3. The number of nitrogens with zero attached hydrogens (tertiary/aromatic N) is 2. The first-order valence-corrected chi connectivity index (χ1v) is 9.62. The monoisotopic (exact) mass is 368 g/mol. The average Bonchev–Trinajstić information content (AvgIpc) is 2.60. The largest absolute Gasteiger partial charge is 0.465 e. The number of benzene rings is 2. The minimum Gasteiger partial charge on any atom is -0.465 e. The van der Waals surface area contributed by atoms with Crippen LogP contribution in [0.2, 0.25) is 0 Å². The van der Waals surface area contributed by atoms with Gasteiger partial charge in [0.2, 0.25) is 9.84 Å². The van der Waals surface area contributed by atoms with Crippen molar-refractivity contribution in [2.45, 2.75) is 15.7 Å². The van der Waals surface area contributed by atoms with E-state index < -0.39 is 15.9 Å². The third-order valence-corrected chi connectivity index (χ3v) is 6.41. The summed E-state index contributed by atoms with van der Waals surface area (Å²) in [4.78, 5) is 17.1. The van der Waals surface area contributed by atoms with E-state index in [1.54, 1.807) is 36.4 Å². The molecule has 1 N–H and O–H groups in total. The summed E-state index contributed by atoms with van der Waals surface area (Å²) in [5, 5.41) is 9.72. The van der Waals surface area contributed by atoms with Crippen molar-refractivity contribution in [3.05, 3.63) is 66.4 Å². The predicted molar refractivity (Wildman–Crippen MR) is 96.0 cm³/mol. The number of aromatic nitrogens is 1. The Labute approximate surface area is 150 Å². The Morgan fingerprint density at radius 2 is 1.77 bits per heavy atom. The quantitative estimate of drug-likeness (QED) is 0.767. The maximum atomic E-state index is 12.8. The lowest BCUT2D eigenvalue weighted by atomic mass is 9.90. The number of hydrogen-bond donors (Lipinski definition) is 1. The summed E-state index contributed by atoms with van der Waals surface area (Å²) in [6.07, 6.45) is 0.451. The number of likely N-dealkylation sites (tertiary alicyclic amines) is 1. The highest BCUT2D eigenvalue weighted by atomic mass is 32.2. The zero-order chi connectivity index (χ0) is 18.3. The van der Waals surface area contributed by atoms with Crippen LogP contribution >= 0.6 is 0 Å². The van der Waals surface area contributed by atoms with E-state index in [0.717, 1.165) is 16.5 Å². The first-order chi connectivity index (χ1) is 12.5. The molecular weight excluding hydrogens is 352 g/mol. The number of sulfone groups is 1. The zero-order valence-corrected chi connectivity index (χ0v) is 14.6. The van der Waals surface area contributed by atoms with Gasteiger partial charge in [-0.1, -0.05) is 36.4 Å². The molecule has 0 aliphatic carbocycles. The number of carbonyl (C=O) groups is 1. The number of carboxylic acid groups (broad SMARTS) is 1. The Balaban J connectivity index is 1.73. The van der Waals surface area contributed by atoms with Crippen LogP contribution in [0.3, 0.4) is 0 Å². The van der Waals surface area contributed by atoms with Gasteiger partial charge in [0.05, 0.1) is 15.3 Å². The van der Waals surface area contributed by atoms with E-state index in [9.17, 15) is 13.2 Å². The van der Waals surface area contributed by atoms with Crippen LogP contribution in [-0.2, 0) is 9.84 Å². The normalized spacial score (nSPS) is 15.0. The van der Waals surface area contributed by atoms with Crippen LogP contribution in [0.5, 0.6) is 0 Å². The van der Waals surface area contributed by atoms with Crippen molar-refractivity contribution in [3.63, 3.8) is 0 Å². The van der Waals surface area contributed by atoms with Gasteiger partial charge in [-0.3, -0.25) is 4.98 Å². The molecule has 1 aliphatic heterocycles. The summed E-state index contributed by atoms with van der Waals surface area (Å²) in [5.74, 6) is 0.0823. The summed E-state index contributed by atoms with van der Waals surface area (Å²) in [7, 11) is -3.62. The van der Waals surface area contributed by atoms with Gasteiger partial charge in [-0.15, -0.1) is 0 Å². The molecule has 132 valence electrons. The van der Waals surface area contributed by atoms with E-state index in [1.807, 2.05) is 18.2 Å². The molecule has 0 spiro atoms. The van der Waals surface area contributed by atoms with E-state index in [-0.39, 0.29) is 15.7 Å². The maximum absolute atomic E-state index is 12.8. The molecule has 0 unspecified atom stereocenters. The molecule has 1 aromatic heterocycles. The fourth-order valence-electron chi connectivity index (χ4n) is 3.21. The Bertz CT molecular complexity index is 1090. The van der Waals surface area contributed by atoms with Crippen LogP contribution < -0.4 is 0 Å². The van der Waals surface area contributed by atoms with Gasteiger partial charge in [0.1, 0.15) is 0 Å².